The Morgan fingerprint density at radius 3 is 2.76 bits per heavy atom. The number of hydrogen-bond acceptors (Lipinski definition) is 6. The number of benzene rings is 2. The molecule has 1 unspecified atom stereocenters. The number of aromatic nitrogens is 4. The quantitative estimate of drug-likeness (QED) is 0.313. The molecule has 0 amide bonds. The Morgan fingerprint density at radius 2 is 1.97 bits per heavy atom. The van der Waals surface area contributed by atoms with Gasteiger partial charge in [0.25, 0.3) is 0 Å². The zero-order valence-electron chi connectivity index (χ0n) is 21.2. The SMILES string of the molecule is COc1ccc(Cn2cnc(=N)c3[nH]c(C(C)COCc4ccccc4F)nc32)cc1OC1CCCC1. The lowest BCUT2D eigenvalue weighted by Crippen LogP contribution is -2.14. The molecule has 0 aliphatic heterocycles. The first-order chi connectivity index (χ1) is 18.0. The summed E-state index contributed by atoms with van der Waals surface area (Å²) in [5, 5.41) is 8.28. The van der Waals surface area contributed by atoms with Crippen LogP contribution in [0.25, 0.3) is 11.2 Å². The van der Waals surface area contributed by atoms with Crippen LogP contribution < -0.4 is 15.0 Å². The Balaban J connectivity index is 1.33. The van der Waals surface area contributed by atoms with Crippen molar-refractivity contribution >= 4 is 11.2 Å². The van der Waals surface area contributed by atoms with Gasteiger partial charge >= 0.3 is 0 Å². The lowest BCUT2D eigenvalue weighted by molar-refractivity contribution is 0.106. The number of aromatic amines is 1. The molecule has 2 N–H and O–H groups in total. The van der Waals surface area contributed by atoms with E-state index in [1.807, 2.05) is 29.7 Å². The Kier molecular flexibility index (Phi) is 7.50. The van der Waals surface area contributed by atoms with E-state index in [1.54, 1.807) is 31.6 Å². The summed E-state index contributed by atoms with van der Waals surface area (Å²) in [6.45, 7) is 3.04. The van der Waals surface area contributed by atoms with Gasteiger partial charge in [-0.2, -0.15) is 0 Å². The summed E-state index contributed by atoms with van der Waals surface area (Å²) in [5.74, 6) is 1.80. The fourth-order valence-corrected chi connectivity index (χ4v) is 4.68. The van der Waals surface area contributed by atoms with Crippen LogP contribution in [0.3, 0.4) is 0 Å². The van der Waals surface area contributed by atoms with Crippen molar-refractivity contribution in [2.24, 2.45) is 0 Å². The van der Waals surface area contributed by atoms with Crippen molar-refractivity contribution in [2.75, 3.05) is 13.7 Å². The second kappa shape index (κ2) is 11.1. The van der Waals surface area contributed by atoms with Crippen LogP contribution in [0.4, 0.5) is 4.39 Å². The Hall–Kier alpha value is -3.72. The topological polar surface area (TPSA) is 98.0 Å². The largest absolute Gasteiger partial charge is 0.493 e. The number of nitrogens with one attached hydrogen (secondary N) is 2. The van der Waals surface area contributed by atoms with E-state index < -0.39 is 0 Å². The highest BCUT2D eigenvalue weighted by Gasteiger charge is 2.19. The molecular formula is C28H32FN5O3. The minimum absolute atomic E-state index is 0.0839. The summed E-state index contributed by atoms with van der Waals surface area (Å²) in [4.78, 5) is 12.3. The van der Waals surface area contributed by atoms with E-state index >= 15 is 0 Å². The van der Waals surface area contributed by atoms with E-state index in [-0.39, 0.29) is 29.9 Å². The predicted molar refractivity (Wildman–Crippen MR) is 137 cm³/mol. The molecule has 9 heteroatoms. The van der Waals surface area contributed by atoms with E-state index in [0.717, 1.165) is 29.9 Å². The van der Waals surface area contributed by atoms with Crippen LogP contribution >= 0.6 is 0 Å². The number of rotatable bonds is 10. The van der Waals surface area contributed by atoms with Crippen molar-refractivity contribution in [3.05, 3.63) is 77.0 Å². The molecule has 1 saturated carbocycles. The molecule has 0 saturated heterocycles. The van der Waals surface area contributed by atoms with Gasteiger partial charge < -0.3 is 23.8 Å². The van der Waals surface area contributed by atoms with Gasteiger partial charge in [0.05, 0.1) is 39.3 Å². The number of imidazole rings is 1. The molecule has 37 heavy (non-hydrogen) atoms. The lowest BCUT2D eigenvalue weighted by atomic mass is 10.2. The highest BCUT2D eigenvalue weighted by Crippen LogP contribution is 2.33. The predicted octanol–water partition coefficient (Wildman–Crippen LogP) is 5.08. The maximum Gasteiger partial charge on any atom is 0.173 e. The van der Waals surface area contributed by atoms with E-state index in [0.29, 0.717) is 35.7 Å². The molecule has 0 radical (unpaired) electrons. The molecular weight excluding hydrogens is 473 g/mol. The molecule has 0 bridgehead atoms. The zero-order valence-corrected chi connectivity index (χ0v) is 21.2. The number of methoxy groups -OCH3 is 1. The van der Waals surface area contributed by atoms with Crippen LogP contribution in [0.2, 0.25) is 0 Å². The normalized spacial score (nSPS) is 14.8. The highest BCUT2D eigenvalue weighted by molar-refractivity contribution is 5.69. The van der Waals surface area contributed by atoms with Crippen molar-refractivity contribution in [3.8, 4) is 11.5 Å². The highest BCUT2D eigenvalue weighted by atomic mass is 19.1. The molecule has 5 rings (SSSR count). The first-order valence-electron chi connectivity index (χ1n) is 12.7. The summed E-state index contributed by atoms with van der Waals surface area (Å²) in [6.07, 6.45) is 6.38. The van der Waals surface area contributed by atoms with Crippen molar-refractivity contribution in [1.29, 1.82) is 5.41 Å². The second-order valence-electron chi connectivity index (χ2n) is 9.56. The molecule has 0 spiro atoms. The first kappa shape index (κ1) is 25.0. The number of H-pyrrole nitrogens is 1. The van der Waals surface area contributed by atoms with E-state index in [9.17, 15) is 4.39 Å². The van der Waals surface area contributed by atoms with Crippen LogP contribution in [0.15, 0.2) is 48.8 Å². The fraction of sp³-hybridized carbons (Fsp3) is 0.393. The number of ether oxygens (including phenoxy) is 3. The molecule has 1 aliphatic rings. The fourth-order valence-electron chi connectivity index (χ4n) is 4.68. The number of nitrogens with zero attached hydrogens (tertiary/aromatic N) is 3. The molecule has 2 heterocycles. The summed E-state index contributed by atoms with van der Waals surface area (Å²) in [7, 11) is 1.65. The first-order valence-corrected chi connectivity index (χ1v) is 12.7. The maximum atomic E-state index is 13.9. The average Bonchev–Trinajstić information content (AvgIpc) is 3.58. The average molecular weight is 506 g/mol. The van der Waals surface area contributed by atoms with Crippen molar-refractivity contribution in [2.45, 2.75) is 57.8 Å². The van der Waals surface area contributed by atoms with Crippen LogP contribution in [-0.2, 0) is 17.9 Å². The minimum Gasteiger partial charge on any atom is -0.493 e. The molecule has 194 valence electrons. The molecule has 1 atom stereocenters. The van der Waals surface area contributed by atoms with Gasteiger partial charge in [-0.1, -0.05) is 31.2 Å². The monoisotopic (exact) mass is 505 g/mol. The minimum atomic E-state index is -0.278. The van der Waals surface area contributed by atoms with Gasteiger partial charge in [-0.15, -0.1) is 0 Å². The number of fused-ring (bicyclic) bond motifs is 1. The maximum absolute atomic E-state index is 13.9. The third kappa shape index (κ3) is 5.67. The Morgan fingerprint density at radius 1 is 1.16 bits per heavy atom. The van der Waals surface area contributed by atoms with E-state index in [1.165, 1.54) is 18.9 Å². The third-order valence-electron chi connectivity index (χ3n) is 6.76. The molecule has 1 aliphatic carbocycles. The molecule has 8 nitrogen and oxygen atoms in total. The lowest BCUT2D eigenvalue weighted by Gasteiger charge is -2.17. The summed E-state index contributed by atoms with van der Waals surface area (Å²) in [6, 6.07) is 12.5. The second-order valence-corrected chi connectivity index (χ2v) is 9.56. The van der Waals surface area contributed by atoms with Crippen LogP contribution in [0.1, 0.15) is 55.5 Å². The standard InChI is InChI=1S/C28H32FN5O3/c1-18(15-36-16-20-7-3-6-10-22(20)29)27-32-25-26(30)31-17-34(28(25)33-27)14-19-11-12-23(35-2)24(13-19)37-21-8-4-5-9-21/h3,6-7,10-13,17-18,21,30H,4-5,8-9,14-16H2,1-2H3,(H,32,33). The van der Waals surface area contributed by atoms with Crippen molar-refractivity contribution < 1.29 is 18.6 Å². The van der Waals surface area contributed by atoms with E-state index in [4.69, 9.17) is 24.6 Å². The van der Waals surface area contributed by atoms with Gasteiger partial charge in [0.2, 0.25) is 0 Å². The summed E-state index contributed by atoms with van der Waals surface area (Å²) >= 11 is 0. The molecule has 2 aromatic carbocycles. The van der Waals surface area contributed by atoms with Gasteiger partial charge in [-0.3, -0.25) is 5.41 Å². The number of halogens is 1. The van der Waals surface area contributed by atoms with Gasteiger partial charge in [0.15, 0.2) is 22.6 Å². The summed E-state index contributed by atoms with van der Waals surface area (Å²) in [5.41, 5.74) is 2.87. The molecule has 2 aromatic heterocycles. The van der Waals surface area contributed by atoms with Crippen molar-refractivity contribution in [3.63, 3.8) is 0 Å². The van der Waals surface area contributed by atoms with E-state index in [2.05, 4.69) is 9.97 Å². The zero-order chi connectivity index (χ0) is 25.8. The van der Waals surface area contributed by atoms with Crippen LogP contribution in [-0.4, -0.2) is 39.3 Å². The Bertz CT molecular complexity index is 1430. The summed E-state index contributed by atoms with van der Waals surface area (Å²) < 4.78 is 33.3. The van der Waals surface area contributed by atoms with Crippen LogP contribution in [0.5, 0.6) is 11.5 Å². The van der Waals surface area contributed by atoms with Gasteiger partial charge in [0.1, 0.15) is 17.2 Å². The van der Waals surface area contributed by atoms with Gasteiger partial charge in [-0.05, 0) is 49.4 Å². The van der Waals surface area contributed by atoms with Crippen molar-refractivity contribution in [1.82, 2.24) is 19.5 Å². The van der Waals surface area contributed by atoms with Crippen LogP contribution in [0, 0.1) is 11.2 Å². The number of hydrogen-bond donors (Lipinski definition) is 2. The Labute approximate surface area is 215 Å². The smallest absolute Gasteiger partial charge is 0.173 e. The molecule has 1 fully saturated rings. The van der Waals surface area contributed by atoms with Gasteiger partial charge in [-0.25, -0.2) is 14.4 Å². The van der Waals surface area contributed by atoms with Gasteiger partial charge in [0, 0.05) is 11.5 Å². The molecule has 4 aromatic rings. The third-order valence-corrected chi connectivity index (χ3v) is 6.76.